The Bertz CT molecular complexity index is 1030. The third kappa shape index (κ3) is 5.51. The van der Waals surface area contributed by atoms with Crippen molar-refractivity contribution in [3.63, 3.8) is 0 Å². The smallest absolute Gasteiger partial charge is 0.164 e. The fourth-order valence-corrected chi connectivity index (χ4v) is 3.39. The molecule has 0 fully saturated rings. The molecule has 0 saturated carbocycles. The van der Waals surface area contributed by atoms with Gasteiger partial charge in [0, 0.05) is 30.4 Å². The van der Waals surface area contributed by atoms with Crippen LogP contribution in [0.4, 0.5) is 4.39 Å². The van der Waals surface area contributed by atoms with E-state index in [0.29, 0.717) is 46.9 Å². The molecule has 0 aromatic heterocycles. The molecule has 6 nitrogen and oxygen atoms in total. The molecule has 8 heteroatoms. The summed E-state index contributed by atoms with van der Waals surface area (Å²) in [6.45, 7) is 5.45. The van der Waals surface area contributed by atoms with Crippen LogP contribution >= 0.6 is 11.6 Å². The van der Waals surface area contributed by atoms with E-state index in [1.54, 1.807) is 18.2 Å². The summed E-state index contributed by atoms with van der Waals surface area (Å²) < 4.78 is 13.9. The Morgan fingerprint density at radius 3 is 2.65 bits per heavy atom. The zero-order chi connectivity index (χ0) is 22.2. The zero-order valence-corrected chi connectivity index (χ0v) is 17.9. The first-order chi connectivity index (χ1) is 15.0. The monoisotopic (exact) mass is 440 g/mol. The van der Waals surface area contributed by atoms with Gasteiger partial charge in [-0.25, -0.2) is 14.4 Å². The van der Waals surface area contributed by atoms with Crippen molar-refractivity contribution in [3.05, 3.63) is 94.8 Å². The number of rotatable bonds is 9. The minimum Gasteiger partial charge on any atom is -0.403 e. The number of benzene rings is 2. The van der Waals surface area contributed by atoms with E-state index in [4.69, 9.17) is 23.1 Å². The third-order valence-corrected chi connectivity index (χ3v) is 5.09. The van der Waals surface area contributed by atoms with Crippen molar-refractivity contribution >= 4 is 23.3 Å². The molecule has 0 radical (unpaired) electrons. The lowest BCUT2D eigenvalue weighted by Gasteiger charge is -2.22. The number of nitrogens with zero attached hydrogens (tertiary/aromatic N) is 3. The molecular weight excluding hydrogens is 415 g/mol. The summed E-state index contributed by atoms with van der Waals surface area (Å²) in [5.41, 5.74) is 13.3. The van der Waals surface area contributed by atoms with E-state index in [2.05, 4.69) is 21.9 Å². The highest BCUT2D eigenvalue weighted by molar-refractivity contribution is 6.35. The molecule has 5 N–H and O–H groups in total. The molecule has 0 aliphatic carbocycles. The Labute approximate surface area is 186 Å². The second-order valence-corrected chi connectivity index (χ2v) is 7.35. The SMILES string of the molecule is C=C(/N=C1\C(=C/N)N=C(c2ccccc2Cl)N1CCCCN)NCc1ccccc1F. The number of nitrogens with one attached hydrogen (secondary N) is 1. The molecule has 3 rings (SSSR count). The standard InChI is InChI=1S/C23H26ClFN6/c1-16(28-15-17-8-2-5-11-20(17)25)29-23-21(14-27)30-22(31(23)13-7-6-12-26)18-9-3-4-10-19(18)24/h2-5,8-11,14,28H,1,6-7,12-13,15,26-27H2/b21-14+,29-23+. The highest BCUT2D eigenvalue weighted by Crippen LogP contribution is 2.26. The molecule has 31 heavy (non-hydrogen) atoms. The lowest BCUT2D eigenvalue weighted by molar-refractivity contribution is 0.566. The normalized spacial score (nSPS) is 16.1. The first-order valence-corrected chi connectivity index (χ1v) is 10.4. The van der Waals surface area contributed by atoms with E-state index in [1.165, 1.54) is 12.3 Å². The van der Waals surface area contributed by atoms with Crippen LogP contribution in [0.3, 0.4) is 0 Å². The number of aliphatic imine (C=N–C) groups is 2. The number of amidine groups is 2. The molecule has 0 spiro atoms. The van der Waals surface area contributed by atoms with Crippen LogP contribution in [0.15, 0.2) is 82.8 Å². The number of hydrogen-bond acceptors (Lipinski definition) is 5. The zero-order valence-electron chi connectivity index (χ0n) is 17.2. The van der Waals surface area contributed by atoms with Gasteiger partial charge in [-0.3, -0.25) is 0 Å². The molecule has 162 valence electrons. The molecule has 0 atom stereocenters. The fraction of sp³-hybridized carbons (Fsp3) is 0.217. The van der Waals surface area contributed by atoms with Crippen LogP contribution in [0.5, 0.6) is 0 Å². The summed E-state index contributed by atoms with van der Waals surface area (Å²) >= 11 is 6.42. The van der Waals surface area contributed by atoms with Crippen molar-refractivity contribution in [1.82, 2.24) is 10.2 Å². The van der Waals surface area contributed by atoms with Crippen molar-refractivity contribution in [2.24, 2.45) is 21.5 Å². The Kier molecular flexibility index (Phi) is 7.81. The summed E-state index contributed by atoms with van der Waals surface area (Å²) in [6, 6.07) is 14.0. The minimum absolute atomic E-state index is 0.259. The van der Waals surface area contributed by atoms with Gasteiger partial charge in [0.15, 0.2) is 5.84 Å². The largest absolute Gasteiger partial charge is 0.403 e. The van der Waals surface area contributed by atoms with Crippen LogP contribution < -0.4 is 16.8 Å². The van der Waals surface area contributed by atoms with Crippen LogP contribution in [0.1, 0.15) is 24.0 Å². The quantitative estimate of drug-likeness (QED) is 0.518. The van der Waals surface area contributed by atoms with Gasteiger partial charge in [0.1, 0.15) is 23.2 Å². The Morgan fingerprint density at radius 2 is 1.94 bits per heavy atom. The topological polar surface area (TPSA) is 92.0 Å². The molecule has 1 aliphatic heterocycles. The summed E-state index contributed by atoms with van der Waals surface area (Å²) in [6.07, 6.45) is 3.10. The van der Waals surface area contributed by atoms with Crippen molar-refractivity contribution in [2.45, 2.75) is 19.4 Å². The van der Waals surface area contributed by atoms with Crippen LogP contribution in [0.2, 0.25) is 5.02 Å². The molecule has 2 aromatic carbocycles. The fourth-order valence-electron chi connectivity index (χ4n) is 3.17. The Morgan fingerprint density at radius 1 is 1.19 bits per heavy atom. The predicted molar refractivity (Wildman–Crippen MR) is 125 cm³/mol. The molecular formula is C23H26ClFN6. The van der Waals surface area contributed by atoms with Crippen molar-refractivity contribution < 1.29 is 4.39 Å². The van der Waals surface area contributed by atoms with Crippen LogP contribution in [-0.4, -0.2) is 29.7 Å². The van der Waals surface area contributed by atoms with Gasteiger partial charge in [-0.05, 0) is 37.6 Å². The predicted octanol–water partition coefficient (Wildman–Crippen LogP) is 3.74. The summed E-state index contributed by atoms with van der Waals surface area (Å²) in [4.78, 5) is 11.2. The second kappa shape index (κ2) is 10.7. The van der Waals surface area contributed by atoms with Gasteiger partial charge in [0.05, 0.1) is 5.02 Å². The Hall–Kier alpha value is -3.16. The van der Waals surface area contributed by atoms with Crippen LogP contribution in [0, 0.1) is 5.82 Å². The molecule has 1 heterocycles. The number of hydrogen-bond donors (Lipinski definition) is 3. The lowest BCUT2D eigenvalue weighted by Crippen LogP contribution is -2.35. The van der Waals surface area contributed by atoms with Crippen molar-refractivity contribution in [1.29, 1.82) is 0 Å². The average molecular weight is 441 g/mol. The summed E-state index contributed by atoms with van der Waals surface area (Å²) in [5.74, 6) is 1.31. The minimum atomic E-state index is -0.286. The van der Waals surface area contributed by atoms with Gasteiger partial charge in [0.2, 0.25) is 0 Å². The number of nitrogens with two attached hydrogens (primary N) is 2. The highest BCUT2D eigenvalue weighted by Gasteiger charge is 2.30. The van der Waals surface area contributed by atoms with E-state index < -0.39 is 0 Å². The summed E-state index contributed by atoms with van der Waals surface area (Å²) in [5, 5.41) is 3.63. The Balaban J connectivity index is 1.86. The van der Waals surface area contributed by atoms with Gasteiger partial charge < -0.3 is 21.7 Å². The van der Waals surface area contributed by atoms with Gasteiger partial charge in [-0.1, -0.05) is 48.5 Å². The van der Waals surface area contributed by atoms with Gasteiger partial charge >= 0.3 is 0 Å². The van der Waals surface area contributed by atoms with E-state index in [0.717, 1.165) is 18.4 Å². The van der Waals surface area contributed by atoms with Crippen molar-refractivity contribution in [3.8, 4) is 0 Å². The maximum absolute atomic E-state index is 13.9. The lowest BCUT2D eigenvalue weighted by atomic mass is 10.2. The van der Waals surface area contributed by atoms with E-state index in [9.17, 15) is 4.39 Å². The molecule has 0 amide bonds. The molecule has 2 aromatic rings. The van der Waals surface area contributed by atoms with Gasteiger partial charge in [-0.15, -0.1) is 0 Å². The third-order valence-electron chi connectivity index (χ3n) is 4.76. The van der Waals surface area contributed by atoms with E-state index in [1.807, 2.05) is 29.2 Å². The van der Waals surface area contributed by atoms with E-state index >= 15 is 0 Å². The number of unbranched alkanes of at least 4 members (excludes halogenated alkanes) is 1. The first-order valence-electron chi connectivity index (χ1n) is 10.0. The first kappa shape index (κ1) is 22.5. The van der Waals surface area contributed by atoms with Crippen LogP contribution in [-0.2, 0) is 6.54 Å². The van der Waals surface area contributed by atoms with Crippen LogP contribution in [0.25, 0.3) is 0 Å². The maximum atomic E-state index is 13.9. The van der Waals surface area contributed by atoms with E-state index in [-0.39, 0.29) is 12.4 Å². The molecule has 0 unspecified atom stereocenters. The molecule has 1 aliphatic rings. The summed E-state index contributed by atoms with van der Waals surface area (Å²) in [7, 11) is 0. The highest BCUT2D eigenvalue weighted by atomic mass is 35.5. The van der Waals surface area contributed by atoms with Crippen molar-refractivity contribution in [2.75, 3.05) is 13.1 Å². The molecule has 0 bridgehead atoms. The second-order valence-electron chi connectivity index (χ2n) is 6.94. The van der Waals surface area contributed by atoms with Gasteiger partial charge in [0.25, 0.3) is 0 Å². The maximum Gasteiger partial charge on any atom is 0.164 e. The van der Waals surface area contributed by atoms with Gasteiger partial charge in [-0.2, -0.15) is 0 Å². The number of halogens is 2. The average Bonchev–Trinajstić information content (AvgIpc) is 3.10. The molecule has 0 saturated heterocycles.